The van der Waals surface area contributed by atoms with Gasteiger partial charge in [0.1, 0.15) is 6.10 Å². The van der Waals surface area contributed by atoms with Crippen molar-refractivity contribution in [2.45, 2.75) is 115 Å². The molecular weight excluding hydrogens is 540 g/mol. The monoisotopic (exact) mass is 590 g/mol. The second-order valence-electron chi connectivity index (χ2n) is 14.0. The van der Waals surface area contributed by atoms with Gasteiger partial charge in [-0.1, -0.05) is 99.7 Å². The van der Waals surface area contributed by atoms with Crippen molar-refractivity contribution in [3.8, 4) is 0 Å². The number of allylic oxidation sites excluding steroid dienone is 1. The molecule has 2 aromatic carbocycles. The van der Waals surface area contributed by atoms with Crippen LogP contribution in [0, 0.1) is 16.7 Å². The summed E-state index contributed by atoms with van der Waals surface area (Å²) in [5.74, 6) is -1.23. The summed E-state index contributed by atoms with van der Waals surface area (Å²) in [6, 6.07) is 20.0. The fourth-order valence-electron chi connectivity index (χ4n) is 7.93. The zero-order valence-corrected chi connectivity index (χ0v) is 26.5. The van der Waals surface area contributed by atoms with Crippen LogP contribution in [-0.4, -0.2) is 52.1 Å². The lowest BCUT2D eigenvalue weighted by molar-refractivity contribution is -0.396. The van der Waals surface area contributed by atoms with Crippen LogP contribution in [0.3, 0.4) is 0 Å². The van der Waals surface area contributed by atoms with E-state index in [0.29, 0.717) is 26.1 Å². The van der Waals surface area contributed by atoms with Gasteiger partial charge in [0, 0.05) is 16.7 Å². The highest BCUT2D eigenvalue weighted by molar-refractivity contribution is 5.26. The summed E-state index contributed by atoms with van der Waals surface area (Å²) < 4.78 is 27.1. The van der Waals surface area contributed by atoms with Crippen molar-refractivity contribution in [1.29, 1.82) is 0 Å². The molecule has 5 rings (SSSR count). The van der Waals surface area contributed by atoms with Gasteiger partial charge >= 0.3 is 0 Å². The van der Waals surface area contributed by atoms with E-state index in [1.165, 1.54) is 0 Å². The Morgan fingerprint density at radius 2 is 1.49 bits per heavy atom. The summed E-state index contributed by atoms with van der Waals surface area (Å²) in [6.07, 6.45) is 0.882. The molecule has 43 heavy (non-hydrogen) atoms. The number of ether oxygens (including phenoxy) is 4. The fraction of sp³-hybridized carbons (Fsp3) is 0.568. The summed E-state index contributed by atoms with van der Waals surface area (Å²) in [4.78, 5) is 0. The highest BCUT2D eigenvalue weighted by Gasteiger charge is 2.70. The van der Waals surface area contributed by atoms with Gasteiger partial charge in [-0.15, -0.1) is 6.58 Å². The number of hydrogen-bond donors (Lipinski definition) is 2. The van der Waals surface area contributed by atoms with Crippen LogP contribution in [0.15, 0.2) is 85.5 Å². The Labute approximate surface area is 257 Å². The average Bonchev–Trinajstić information content (AvgIpc) is 2.98. The van der Waals surface area contributed by atoms with Crippen molar-refractivity contribution in [3.63, 3.8) is 0 Å². The van der Waals surface area contributed by atoms with Gasteiger partial charge in [0.05, 0.1) is 43.2 Å². The second-order valence-corrected chi connectivity index (χ2v) is 14.0. The number of rotatable bonds is 9. The van der Waals surface area contributed by atoms with Gasteiger partial charge in [0.2, 0.25) is 0 Å². The lowest BCUT2D eigenvalue weighted by Crippen LogP contribution is -2.75. The van der Waals surface area contributed by atoms with E-state index in [9.17, 15) is 10.2 Å². The first-order valence-corrected chi connectivity index (χ1v) is 15.7. The van der Waals surface area contributed by atoms with Gasteiger partial charge in [-0.3, -0.25) is 0 Å². The smallest absolute Gasteiger partial charge is 0.163 e. The van der Waals surface area contributed by atoms with Crippen molar-refractivity contribution in [1.82, 2.24) is 0 Å². The minimum absolute atomic E-state index is 0.223. The van der Waals surface area contributed by atoms with Crippen LogP contribution in [-0.2, 0) is 32.2 Å². The normalized spacial score (nSPS) is 36.7. The molecule has 3 fully saturated rings. The predicted octanol–water partition coefficient (Wildman–Crippen LogP) is 6.75. The molecule has 1 aliphatic heterocycles. The quantitative estimate of drug-likeness (QED) is 0.315. The van der Waals surface area contributed by atoms with Gasteiger partial charge in [0.15, 0.2) is 5.79 Å². The standard InChI is InChI=1S/C37H50O6/c1-8-9-22-37(39)32(41-24-27-18-14-11-15-19-27)29-25(2)20-21-28-36(29,7)33(43-35(5,6)42-28)30(31(38)34(37,3)4)40-23-26-16-12-10-13-17-26/h8,10-19,28-33,38-39H,1-2,9,20-24H2,3-7H3/t28-,29-,30+,31-,32-,33+,36+,37+/m0/s1. The molecule has 2 aliphatic carbocycles. The van der Waals surface area contributed by atoms with Crippen molar-refractivity contribution in [3.05, 3.63) is 96.6 Å². The summed E-state index contributed by atoms with van der Waals surface area (Å²) in [7, 11) is 0. The van der Waals surface area contributed by atoms with E-state index in [2.05, 4.69) is 20.1 Å². The minimum atomic E-state index is -1.47. The minimum Gasteiger partial charge on any atom is -0.390 e. The summed E-state index contributed by atoms with van der Waals surface area (Å²) >= 11 is 0. The molecule has 1 saturated heterocycles. The lowest BCUT2D eigenvalue weighted by atomic mass is 9.49. The molecule has 2 N–H and O–H groups in total. The average molecular weight is 591 g/mol. The van der Waals surface area contributed by atoms with Crippen molar-refractivity contribution in [2.75, 3.05) is 0 Å². The largest absolute Gasteiger partial charge is 0.390 e. The Hall–Kier alpha value is -2.32. The number of benzene rings is 2. The van der Waals surface area contributed by atoms with Gasteiger partial charge in [-0.05, 0) is 50.7 Å². The van der Waals surface area contributed by atoms with Gasteiger partial charge in [-0.25, -0.2) is 0 Å². The highest BCUT2D eigenvalue weighted by Crippen LogP contribution is 2.61. The lowest BCUT2D eigenvalue weighted by Gasteiger charge is -2.66. The van der Waals surface area contributed by atoms with Crippen LogP contribution >= 0.6 is 0 Å². The molecule has 6 heteroatoms. The van der Waals surface area contributed by atoms with E-state index >= 15 is 0 Å². The Bertz CT molecular complexity index is 1260. The first-order valence-electron chi connectivity index (χ1n) is 15.7. The summed E-state index contributed by atoms with van der Waals surface area (Å²) in [5.41, 5.74) is -0.250. The Morgan fingerprint density at radius 3 is 2.07 bits per heavy atom. The van der Waals surface area contributed by atoms with Crippen LogP contribution in [0.1, 0.15) is 71.4 Å². The van der Waals surface area contributed by atoms with Gasteiger partial charge in [-0.2, -0.15) is 0 Å². The van der Waals surface area contributed by atoms with E-state index in [-0.39, 0.29) is 12.0 Å². The molecule has 0 bridgehead atoms. The zero-order chi connectivity index (χ0) is 31.0. The molecule has 6 nitrogen and oxygen atoms in total. The number of aliphatic hydroxyl groups excluding tert-OH is 1. The molecule has 0 amide bonds. The van der Waals surface area contributed by atoms with E-state index in [1.807, 2.05) is 94.4 Å². The van der Waals surface area contributed by atoms with E-state index in [1.54, 1.807) is 0 Å². The first kappa shape index (κ1) is 32.1. The van der Waals surface area contributed by atoms with Gasteiger partial charge < -0.3 is 29.2 Å². The molecule has 1 heterocycles. The topological polar surface area (TPSA) is 77.4 Å². The third kappa shape index (κ3) is 5.79. The van der Waals surface area contributed by atoms with E-state index in [0.717, 1.165) is 29.5 Å². The third-order valence-electron chi connectivity index (χ3n) is 10.5. The van der Waals surface area contributed by atoms with Crippen LogP contribution in [0.25, 0.3) is 0 Å². The van der Waals surface area contributed by atoms with Crippen molar-refractivity contribution < 1.29 is 29.2 Å². The molecule has 0 radical (unpaired) electrons. The second kappa shape index (κ2) is 12.2. The zero-order valence-electron chi connectivity index (χ0n) is 26.5. The molecule has 0 aromatic heterocycles. The summed E-state index contributed by atoms with van der Waals surface area (Å²) in [5, 5.41) is 25.5. The van der Waals surface area contributed by atoms with Crippen LogP contribution in [0.5, 0.6) is 0 Å². The molecule has 234 valence electrons. The molecule has 0 spiro atoms. The van der Waals surface area contributed by atoms with Crippen molar-refractivity contribution in [2.24, 2.45) is 16.7 Å². The first-order chi connectivity index (χ1) is 20.3. The molecule has 3 aliphatic rings. The Kier molecular flexibility index (Phi) is 9.12. The van der Waals surface area contributed by atoms with Crippen LogP contribution in [0.2, 0.25) is 0 Å². The fourth-order valence-corrected chi connectivity index (χ4v) is 7.93. The maximum atomic E-state index is 13.1. The van der Waals surface area contributed by atoms with E-state index in [4.69, 9.17) is 18.9 Å². The molecule has 8 atom stereocenters. The molecule has 2 aromatic rings. The number of hydrogen-bond acceptors (Lipinski definition) is 6. The Morgan fingerprint density at radius 1 is 0.907 bits per heavy atom. The predicted molar refractivity (Wildman–Crippen MR) is 168 cm³/mol. The number of aliphatic hydroxyl groups is 2. The summed E-state index contributed by atoms with van der Waals surface area (Å²) in [6.45, 7) is 19.0. The van der Waals surface area contributed by atoms with Crippen LogP contribution < -0.4 is 0 Å². The molecular formula is C37H50O6. The SMILES string of the molecule is C=CCC[C@@]1(O)[C@@H](OCc2ccccc2)[C@@H]2C(=C)CC[C@@H]3OC(C)(C)O[C@H]([C@H](OCc4ccccc4)[C@H](O)C1(C)C)[C@]32C. The molecule has 0 unspecified atom stereocenters. The Balaban J connectivity index is 1.67. The van der Waals surface area contributed by atoms with Crippen molar-refractivity contribution >= 4 is 0 Å². The maximum Gasteiger partial charge on any atom is 0.163 e. The van der Waals surface area contributed by atoms with Gasteiger partial charge in [0.25, 0.3) is 0 Å². The van der Waals surface area contributed by atoms with E-state index < -0.39 is 46.6 Å². The third-order valence-corrected chi connectivity index (χ3v) is 10.5. The molecule has 2 saturated carbocycles. The van der Waals surface area contributed by atoms with Crippen LogP contribution in [0.4, 0.5) is 0 Å². The maximum absolute atomic E-state index is 13.1. The highest BCUT2D eigenvalue weighted by atomic mass is 16.7.